The summed E-state index contributed by atoms with van der Waals surface area (Å²) in [7, 11) is 3.02. The lowest BCUT2D eigenvalue weighted by atomic mass is 10.0. The highest BCUT2D eigenvalue weighted by molar-refractivity contribution is 5.99. The van der Waals surface area contributed by atoms with E-state index in [0.717, 1.165) is 12.1 Å². The summed E-state index contributed by atoms with van der Waals surface area (Å²) in [6.07, 6.45) is -3.72. The lowest BCUT2D eigenvalue weighted by Crippen LogP contribution is -2.26. The average molecular weight is 408 g/mol. The number of fused-ring (bicyclic) bond motifs is 1. The number of ether oxygens (including phenoxy) is 1. The Morgan fingerprint density at radius 3 is 2.52 bits per heavy atom. The van der Waals surface area contributed by atoms with Crippen LogP contribution < -0.4 is 10.9 Å². The molecule has 0 bridgehead atoms. The van der Waals surface area contributed by atoms with Crippen molar-refractivity contribution in [3.05, 3.63) is 52.4 Å². The van der Waals surface area contributed by atoms with Crippen LogP contribution in [0.4, 0.5) is 19.0 Å². The van der Waals surface area contributed by atoms with Gasteiger partial charge in [-0.25, -0.2) is 0 Å². The van der Waals surface area contributed by atoms with E-state index in [4.69, 9.17) is 4.74 Å². The molecule has 0 fully saturated rings. The second-order valence-corrected chi connectivity index (χ2v) is 6.48. The molecule has 1 unspecified atom stereocenters. The fourth-order valence-corrected chi connectivity index (χ4v) is 2.88. The third-order valence-electron chi connectivity index (χ3n) is 4.36. The molecule has 154 valence electrons. The molecule has 1 atom stereocenters. The summed E-state index contributed by atoms with van der Waals surface area (Å²) in [5.74, 6) is 0.173. The molecule has 0 radical (unpaired) electrons. The average Bonchev–Trinajstić information content (AvgIpc) is 2.68. The molecule has 0 aliphatic rings. The Bertz CT molecular complexity index is 1070. The summed E-state index contributed by atoms with van der Waals surface area (Å²) < 4.78 is 44.7. The number of rotatable bonds is 6. The van der Waals surface area contributed by atoms with Gasteiger partial charge in [0.2, 0.25) is 0 Å². The highest BCUT2D eigenvalue weighted by Crippen LogP contribution is 2.32. The van der Waals surface area contributed by atoms with Crippen molar-refractivity contribution in [2.45, 2.75) is 12.3 Å². The van der Waals surface area contributed by atoms with E-state index < -0.39 is 17.8 Å². The summed E-state index contributed by atoms with van der Waals surface area (Å²) in [6, 6.07) is 6.14. The Labute approximate surface area is 163 Å². The summed E-state index contributed by atoms with van der Waals surface area (Å²) in [5, 5.41) is 21.5. The van der Waals surface area contributed by atoms with Gasteiger partial charge < -0.3 is 19.7 Å². The molecular weight excluding hydrogens is 389 g/mol. The van der Waals surface area contributed by atoms with Gasteiger partial charge in [-0.2, -0.15) is 13.2 Å². The number of aliphatic hydroxyl groups is 1. The molecule has 3 rings (SSSR count). The van der Waals surface area contributed by atoms with Gasteiger partial charge in [0.15, 0.2) is 5.82 Å². The second-order valence-electron chi connectivity index (χ2n) is 6.48. The first-order valence-electron chi connectivity index (χ1n) is 8.67. The van der Waals surface area contributed by atoms with Gasteiger partial charge in [0.1, 0.15) is 5.69 Å². The number of methoxy groups -OCH3 is 1. The summed E-state index contributed by atoms with van der Waals surface area (Å²) in [5.41, 5.74) is -0.446. The first kappa shape index (κ1) is 20.7. The predicted octanol–water partition coefficient (Wildman–Crippen LogP) is 2.43. The fraction of sp³-hybridized carbons (Fsp3) is 0.316. The Kier molecular flexibility index (Phi) is 5.85. The van der Waals surface area contributed by atoms with Crippen LogP contribution in [0.15, 0.2) is 41.3 Å². The van der Waals surface area contributed by atoms with E-state index in [0.29, 0.717) is 10.9 Å². The van der Waals surface area contributed by atoms with E-state index in [2.05, 4.69) is 15.5 Å². The number of pyridine rings is 1. The first-order chi connectivity index (χ1) is 13.7. The van der Waals surface area contributed by atoms with Crippen LogP contribution in [-0.2, 0) is 18.0 Å². The smallest absolute Gasteiger partial charge is 0.389 e. The number of anilines is 1. The molecule has 2 aromatic heterocycles. The van der Waals surface area contributed by atoms with E-state index in [-0.39, 0.29) is 35.6 Å². The van der Waals surface area contributed by atoms with Gasteiger partial charge >= 0.3 is 6.18 Å². The molecule has 0 saturated carbocycles. The van der Waals surface area contributed by atoms with Gasteiger partial charge in [-0.15, -0.1) is 10.2 Å². The van der Waals surface area contributed by atoms with E-state index in [1.165, 1.54) is 23.8 Å². The number of hydrogen-bond acceptors (Lipinski definition) is 6. The van der Waals surface area contributed by atoms with E-state index >= 15 is 0 Å². The number of aryl methyl sites for hydroxylation is 1. The number of aromatic nitrogens is 3. The molecule has 7 nitrogen and oxygen atoms in total. The summed E-state index contributed by atoms with van der Waals surface area (Å²) >= 11 is 0. The third-order valence-corrected chi connectivity index (χ3v) is 4.36. The molecule has 2 heterocycles. The van der Waals surface area contributed by atoms with Crippen molar-refractivity contribution in [2.24, 2.45) is 7.05 Å². The molecule has 0 spiro atoms. The lowest BCUT2D eigenvalue weighted by Gasteiger charge is -2.14. The number of nitrogens with one attached hydrogen (secondary N) is 1. The largest absolute Gasteiger partial charge is 0.416 e. The number of nitrogens with zero attached hydrogens (tertiary/aromatic N) is 3. The van der Waals surface area contributed by atoms with Crippen molar-refractivity contribution in [3.8, 4) is 11.3 Å². The fourth-order valence-electron chi connectivity index (χ4n) is 2.88. The number of aliphatic hydroxyl groups excluding tert-OH is 1. The second kappa shape index (κ2) is 8.18. The molecule has 1 aromatic carbocycles. The zero-order valence-corrected chi connectivity index (χ0v) is 15.7. The zero-order valence-electron chi connectivity index (χ0n) is 15.7. The lowest BCUT2D eigenvalue weighted by molar-refractivity contribution is -0.137. The normalized spacial score (nSPS) is 12.9. The minimum Gasteiger partial charge on any atom is -0.389 e. The van der Waals surface area contributed by atoms with Crippen molar-refractivity contribution in [3.63, 3.8) is 0 Å². The Morgan fingerprint density at radius 1 is 1.21 bits per heavy atom. The Morgan fingerprint density at radius 2 is 1.90 bits per heavy atom. The molecular formula is C19H19F3N4O3. The zero-order chi connectivity index (χ0) is 21.2. The van der Waals surface area contributed by atoms with Gasteiger partial charge in [0.05, 0.1) is 23.7 Å². The number of hydrogen-bond donors (Lipinski definition) is 2. The quantitative estimate of drug-likeness (QED) is 0.651. The van der Waals surface area contributed by atoms with E-state index in [1.807, 2.05) is 0 Å². The minimum absolute atomic E-state index is 0.0787. The molecule has 2 N–H and O–H groups in total. The Balaban J connectivity index is 2.08. The van der Waals surface area contributed by atoms with Crippen LogP contribution in [0.25, 0.3) is 22.0 Å². The van der Waals surface area contributed by atoms with Crippen molar-refractivity contribution < 1.29 is 23.0 Å². The molecule has 29 heavy (non-hydrogen) atoms. The van der Waals surface area contributed by atoms with Crippen molar-refractivity contribution in [1.29, 1.82) is 0 Å². The van der Waals surface area contributed by atoms with Crippen LogP contribution in [0.2, 0.25) is 0 Å². The molecule has 10 heteroatoms. The SMILES string of the molecule is COCC(O)CNc1nnc(-c2ccc(C(F)(F)F)cc2)c2ccn(C)c(=O)c12. The topological polar surface area (TPSA) is 89.3 Å². The molecule has 0 aliphatic carbocycles. The van der Waals surface area contributed by atoms with Crippen LogP contribution in [0, 0.1) is 0 Å². The summed E-state index contributed by atoms with van der Waals surface area (Å²) in [4.78, 5) is 12.7. The van der Waals surface area contributed by atoms with Gasteiger partial charge in [-0.3, -0.25) is 4.79 Å². The van der Waals surface area contributed by atoms with Gasteiger partial charge in [-0.05, 0) is 18.2 Å². The van der Waals surface area contributed by atoms with Crippen molar-refractivity contribution in [1.82, 2.24) is 14.8 Å². The minimum atomic E-state index is -4.45. The third kappa shape index (κ3) is 4.38. The molecule has 0 aliphatic heterocycles. The van der Waals surface area contributed by atoms with Crippen LogP contribution >= 0.6 is 0 Å². The molecule has 0 saturated heterocycles. The van der Waals surface area contributed by atoms with Gasteiger partial charge in [0, 0.05) is 37.8 Å². The van der Waals surface area contributed by atoms with Crippen LogP contribution in [-0.4, -0.2) is 46.2 Å². The highest BCUT2D eigenvalue weighted by atomic mass is 19.4. The van der Waals surface area contributed by atoms with Gasteiger partial charge in [0.25, 0.3) is 5.56 Å². The maximum atomic E-state index is 12.8. The molecule has 0 amide bonds. The van der Waals surface area contributed by atoms with Crippen LogP contribution in [0.5, 0.6) is 0 Å². The first-order valence-corrected chi connectivity index (χ1v) is 8.67. The number of alkyl halides is 3. The standard InChI is InChI=1S/C19H19F3N4O3/c1-26-8-7-14-15(18(26)28)17(23-9-13(27)10-29-2)25-24-16(14)11-3-5-12(6-4-11)19(20,21)22/h3-8,13,27H,9-10H2,1-2H3,(H,23,25). The van der Waals surface area contributed by atoms with E-state index in [1.54, 1.807) is 19.3 Å². The van der Waals surface area contributed by atoms with E-state index in [9.17, 15) is 23.1 Å². The Hall–Kier alpha value is -2.98. The maximum Gasteiger partial charge on any atom is 0.416 e. The maximum absolute atomic E-state index is 12.8. The number of benzene rings is 1. The van der Waals surface area contributed by atoms with Crippen molar-refractivity contribution >= 4 is 16.6 Å². The van der Waals surface area contributed by atoms with Gasteiger partial charge in [-0.1, -0.05) is 12.1 Å². The van der Waals surface area contributed by atoms with Crippen LogP contribution in [0.3, 0.4) is 0 Å². The van der Waals surface area contributed by atoms with Crippen LogP contribution in [0.1, 0.15) is 5.56 Å². The highest BCUT2D eigenvalue weighted by Gasteiger charge is 2.30. The number of halogens is 3. The predicted molar refractivity (Wildman–Crippen MR) is 102 cm³/mol. The van der Waals surface area contributed by atoms with Crippen molar-refractivity contribution in [2.75, 3.05) is 25.6 Å². The monoisotopic (exact) mass is 408 g/mol. The molecule has 3 aromatic rings. The summed E-state index contributed by atoms with van der Waals surface area (Å²) in [6.45, 7) is 0.176.